The normalized spacial score (nSPS) is 14.0. The molecule has 5 heteroatoms. The Balaban J connectivity index is 3.12. The molecule has 0 aliphatic carbocycles. The Kier molecular flexibility index (Phi) is 6.71. The second kappa shape index (κ2) is 8.04. The molecule has 0 fully saturated rings. The topological polar surface area (TPSA) is 60.7 Å². The fourth-order valence-corrected chi connectivity index (χ4v) is 3.94. The van der Waals surface area contributed by atoms with Crippen molar-refractivity contribution in [2.24, 2.45) is 0 Å². The van der Waals surface area contributed by atoms with Crippen molar-refractivity contribution in [1.82, 2.24) is 0 Å². The van der Waals surface area contributed by atoms with Crippen LogP contribution in [0.25, 0.3) is 11.1 Å². The fraction of sp³-hybridized carbons (Fsp3) is 0.556. The molecule has 0 unspecified atom stereocenters. The summed E-state index contributed by atoms with van der Waals surface area (Å²) in [6.07, 6.45) is 0. The van der Waals surface area contributed by atoms with Gasteiger partial charge in [0, 0.05) is 0 Å². The van der Waals surface area contributed by atoms with Crippen molar-refractivity contribution in [3.8, 4) is 11.1 Å². The SMILES string of the molecule is BC(C)(C)c1cc(C(B)(C)C)c(-c2cc(C(C)(C)O)cc(C(C)(C)O)c2)c(C(C)(C)O)c1. The molecule has 3 N–H and O–H groups in total. The summed E-state index contributed by atoms with van der Waals surface area (Å²) in [7, 11) is 4.37. The van der Waals surface area contributed by atoms with Crippen molar-refractivity contribution in [2.75, 3.05) is 0 Å². The third kappa shape index (κ3) is 5.87. The molecule has 0 saturated carbocycles. The van der Waals surface area contributed by atoms with Gasteiger partial charge in [-0.15, -0.1) is 0 Å². The highest BCUT2D eigenvalue weighted by Gasteiger charge is 2.32. The summed E-state index contributed by atoms with van der Waals surface area (Å²) in [4.78, 5) is 0. The molecule has 0 aromatic heterocycles. The predicted molar refractivity (Wildman–Crippen MR) is 141 cm³/mol. The first kappa shape index (κ1) is 26.7. The van der Waals surface area contributed by atoms with Crippen LogP contribution >= 0.6 is 0 Å². The van der Waals surface area contributed by atoms with Crippen molar-refractivity contribution >= 4 is 15.7 Å². The number of rotatable bonds is 6. The van der Waals surface area contributed by atoms with Gasteiger partial charge < -0.3 is 15.3 Å². The molecule has 0 bridgehead atoms. The van der Waals surface area contributed by atoms with E-state index >= 15 is 0 Å². The molecule has 0 aliphatic heterocycles. The van der Waals surface area contributed by atoms with Gasteiger partial charge in [-0.1, -0.05) is 45.9 Å². The summed E-state index contributed by atoms with van der Waals surface area (Å²) in [5.41, 5.74) is 3.26. The van der Waals surface area contributed by atoms with Crippen LogP contribution in [0.1, 0.15) is 97.1 Å². The van der Waals surface area contributed by atoms with Gasteiger partial charge in [0.15, 0.2) is 0 Å². The highest BCUT2D eigenvalue weighted by molar-refractivity contribution is 6.17. The summed E-state index contributed by atoms with van der Waals surface area (Å²) in [5.74, 6) is 0. The Morgan fingerprint density at radius 1 is 0.500 bits per heavy atom. The fourth-order valence-electron chi connectivity index (χ4n) is 3.94. The first-order chi connectivity index (χ1) is 14.0. The molecule has 2 aromatic carbocycles. The van der Waals surface area contributed by atoms with E-state index in [4.69, 9.17) is 0 Å². The molecule has 0 spiro atoms. The standard InChI is InChI=1S/C27H42B2O3/c1-23(2,28)17-14-20(24(3,4)29)22(21(15-17)27(9,10)32)16-11-18(25(5,6)30)13-19(12-16)26(7,8)31/h11-15,30-32H,28-29H2,1-10H3. The molecule has 0 saturated heterocycles. The Labute approximate surface area is 197 Å². The summed E-state index contributed by atoms with van der Waals surface area (Å²) < 4.78 is 0. The minimum atomic E-state index is -1.07. The molecular formula is C27H42B2O3. The maximum absolute atomic E-state index is 11.3. The lowest BCUT2D eigenvalue weighted by molar-refractivity contribution is 0.0719. The second-order valence-corrected chi connectivity index (χ2v) is 12.9. The van der Waals surface area contributed by atoms with E-state index in [0.717, 1.165) is 33.4 Å². The molecule has 0 radical (unpaired) electrons. The maximum Gasteiger partial charge on any atom is 0.114 e. The number of aliphatic hydroxyl groups is 3. The Morgan fingerprint density at radius 3 is 1.22 bits per heavy atom. The lowest BCUT2D eigenvalue weighted by Gasteiger charge is -2.34. The van der Waals surface area contributed by atoms with Gasteiger partial charge in [0.1, 0.15) is 15.7 Å². The summed E-state index contributed by atoms with van der Waals surface area (Å²) in [6, 6.07) is 10.2. The van der Waals surface area contributed by atoms with E-state index < -0.39 is 16.8 Å². The minimum absolute atomic E-state index is 0.0777. The van der Waals surface area contributed by atoms with Crippen molar-refractivity contribution in [3.05, 3.63) is 58.1 Å². The highest BCUT2D eigenvalue weighted by Crippen LogP contribution is 2.43. The molecular weight excluding hydrogens is 394 g/mol. The lowest BCUT2D eigenvalue weighted by atomic mass is 9.60. The molecule has 2 aromatic rings. The van der Waals surface area contributed by atoms with Crippen LogP contribution in [0.2, 0.25) is 0 Å². The largest absolute Gasteiger partial charge is 0.386 e. The molecule has 2 rings (SSSR count). The van der Waals surface area contributed by atoms with E-state index in [0.29, 0.717) is 0 Å². The maximum atomic E-state index is 11.3. The lowest BCUT2D eigenvalue weighted by Crippen LogP contribution is -2.27. The third-order valence-electron chi connectivity index (χ3n) is 6.11. The average molecular weight is 436 g/mol. The van der Waals surface area contributed by atoms with Gasteiger partial charge in [0.05, 0.1) is 16.8 Å². The zero-order valence-electron chi connectivity index (χ0n) is 22.2. The van der Waals surface area contributed by atoms with Crippen molar-refractivity contribution in [2.45, 2.75) is 96.7 Å². The van der Waals surface area contributed by atoms with Crippen LogP contribution in [0.4, 0.5) is 0 Å². The van der Waals surface area contributed by atoms with Crippen LogP contribution in [-0.2, 0) is 27.4 Å². The first-order valence-corrected chi connectivity index (χ1v) is 11.6. The summed E-state index contributed by atoms with van der Waals surface area (Å²) in [6.45, 7) is 19.4. The quantitative estimate of drug-likeness (QED) is 0.605. The Hall–Kier alpha value is -1.55. The van der Waals surface area contributed by atoms with E-state index in [9.17, 15) is 15.3 Å². The average Bonchev–Trinajstić information content (AvgIpc) is 2.56. The monoisotopic (exact) mass is 436 g/mol. The molecule has 174 valence electrons. The van der Waals surface area contributed by atoms with Crippen LogP contribution < -0.4 is 0 Å². The smallest absolute Gasteiger partial charge is 0.114 e. The molecule has 0 aliphatic rings. The Morgan fingerprint density at radius 2 is 0.906 bits per heavy atom. The van der Waals surface area contributed by atoms with Crippen LogP contribution in [0.15, 0.2) is 30.3 Å². The van der Waals surface area contributed by atoms with Crippen LogP contribution in [0.3, 0.4) is 0 Å². The molecule has 0 heterocycles. The van der Waals surface area contributed by atoms with E-state index in [2.05, 4.69) is 55.5 Å². The zero-order valence-corrected chi connectivity index (χ0v) is 22.2. The highest BCUT2D eigenvalue weighted by atomic mass is 16.3. The van der Waals surface area contributed by atoms with Crippen LogP contribution in [-0.4, -0.2) is 31.0 Å². The minimum Gasteiger partial charge on any atom is -0.386 e. The van der Waals surface area contributed by atoms with Gasteiger partial charge >= 0.3 is 0 Å². The Bertz CT molecular complexity index is 923. The summed E-state index contributed by atoms with van der Waals surface area (Å²) in [5, 5.41) is 32.7. The van der Waals surface area contributed by atoms with Crippen molar-refractivity contribution in [1.29, 1.82) is 0 Å². The summed E-state index contributed by atoms with van der Waals surface area (Å²) >= 11 is 0. The first-order valence-electron chi connectivity index (χ1n) is 11.6. The van der Waals surface area contributed by atoms with Gasteiger partial charge in [-0.05, 0) is 103 Å². The van der Waals surface area contributed by atoms with Gasteiger partial charge in [-0.3, -0.25) is 0 Å². The van der Waals surface area contributed by atoms with Gasteiger partial charge in [0.2, 0.25) is 0 Å². The van der Waals surface area contributed by atoms with Crippen molar-refractivity contribution in [3.63, 3.8) is 0 Å². The van der Waals surface area contributed by atoms with Gasteiger partial charge in [0.25, 0.3) is 0 Å². The number of hydrogen-bond acceptors (Lipinski definition) is 3. The van der Waals surface area contributed by atoms with E-state index in [1.807, 2.05) is 32.0 Å². The van der Waals surface area contributed by atoms with E-state index in [1.165, 1.54) is 5.56 Å². The van der Waals surface area contributed by atoms with E-state index in [1.54, 1.807) is 27.7 Å². The molecule has 0 amide bonds. The van der Waals surface area contributed by atoms with Gasteiger partial charge in [-0.25, -0.2) is 0 Å². The van der Waals surface area contributed by atoms with E-state index in [-0.39, 0.29) is 10.6 Å². The third-order valence-corrected chi connectivity index (χ3v) is 6.11. The second-order valence-electron chi connectivity index (χ2n) is 12.9. The number of benzene rings is 2. The number of hydrogen-bond donors (Lipinski definition) is 3. The van der Waals surface area contributed by atoms with Gasteiger partial charge in [-0.2, -0.15) is 0 Å². The van der Waals surface area contributed by atoms with Crippen molar-refractivity contribution < 1.29 is 15.3 Å². The predicted octanol–water partition coefficient (Wildman–Crippen LogP) is 3.77. The molecule has 32 heavy (non-hydrogen) atoms. The zero-order chi connectivity index (χ0) is 25.1. The molecule has 3 nitrogen and oxygen atoms in total. The van der Waals surface area contributed by atoms with Crippen LogP contribution in [0, 0.1) is 0 Å². The molecule has 0 atom stereocenters. The van der Waals surface area contributed by atoms with Crippen LogP contribution in [0.5, 0.6) is 0 Å².